The van der Waals surface area contributed by atoms with Crippen LogP contribution < -0.4 is 10.6 Å². The fraction of sp³-hybridized carbons (Fsp3) is 0.160. The van der Waals surface area contributed by atoms with Gasteiger partial charge < -0.3 is 15.1 Å². The number of nitrogens with zero attached hydrogens (tertiary/aromatic N) is 2. The lowest BCUT2D eigenvalue weighted by Crippen LogP contribution is -2.25. The minimum atomic E-state index is -0.291. The predicted octanol–water partition coefficient (Wildman–Crippen LogP) is 4.74. The number of rotatable bonds is 8. The van der Waals surface area contributed by atoms with Crippen molar-refractivity contribution in [3.8, 4) is 5.69 Å². The minimum absolute atomic E-state index is 0.157. The maximum atomic E-state index is 12.7. The minimum Gasteiger partial charge on any atom is -0.467 e. The van der Waals surface area contributed by atoms with Crippen LogP contribution in [0.4, 0.5) is 5.69 Å². The van der Waals surface area contributed by atoms with Gasteiger partial charge in [0, 0.05) is 18.1 Å². The molecule has 0 atom stereocenters. The lowest BCUT2D eigenvalue weighted by atomic mass is 10.1. The molecule has 2 aromatic heterocycles. The summed E-state index contributed by atoms with van der Waals surface area (Å²) in [5.74, 6) is 0.297. The third kappa shape index (κ3) is 5.53. The number of hydrogen-bond acceptors (Lipinski definition) is 5. The monoisotopic (exact) mass is 460 g/mol. The van der Waals surface area contributed by atoms with Gasteiger partial charge in [0.25, 0.3) is 5.91 Å². The Morgan fingerprint density at radius 2 is 1.91 bits per heavy atom. The Labute approximate surface area is 196 Å². The standard InChI is InChI=1S/C25H24N4O3S/c1-17-9-10-19(14-18(17)2)29-12-11-26-25(29)33-16-23(30)28-22-8-4-3-7-21(22)24(31)27-15-20-6-5-13-32-20/h3-14H,15-16H2,1-2H3,(H,27,31)(H,28,30). The van der Waals surface area contributed by atoms with Gasteiger partial charge in [-0.3, -0.25) is 14.2 Å². The van der Waals surface area contributed by atoms with Crippen LogP contribution in [0, 0.1) is 13.8 Å². The van der Waals surface area contributed by atoms with Gasteiger partial charge in [-0.1, -0.05) is 30.0 Å². The molecule has 2 aromatic carbocycles. The number of hydrogen-bond donors (Lipinski definition) is 2. The number of anilines is 1. The quantitative estimate of drug-likeness (QED) is 0.371. The molecule has 168 valence electrons. The molecular formula is C25H24N4O3S. The average Bonchev–Trinajstić information content (AvgIpc) is 3.50. The fourth-order valence-corrected chi connectivity index (χ4v) is 4.02. The molecule has 0 bridgehead atoms. The van der Waals surface area contributed by atoms with Crippen molar-refractivity contribution in [2.45, 2.75) is 25.5 Å². The Morgan fingerprint density at radius 3 is 2.70 bits per heavy atom. The van der Waals surface area contributed by atoms with Crippen molar-refractivity contribution in [3.05, 3.63) is 95.7 Å². The van der Waals surface area contributed by atoms with Crippen molar-refractivity contribution in [1.82, 2.24) is 14.9 Å². The number of nitrogens with one attached hydrogen (secondary N) is 2. The maximum absolute atomic E-state index is 12.7. The smallest absolute Gasteiger partial charge is 0.253 e. The van der Waals surface area contributed by atoms with Gasteiger partial charge in [-0.05, 0) is 61.4 Å². The molecule has 2 N–H and O–H groups in total. The molecule has 2 heterocycles. The first-order valence-electron chi connectivity index (χ1n) is 10.4. The average molecular weight is 461 g/mol. The number of thioether (sulfide) groups is 1. The summed E-state index contributed by atoms with van der Waals surface area (Å²) in [4.78, 5) is 29.7. The Morgan fingerprint density at radius 1 is 1.06 bits per heavy atom. The Balaban J connectivity index is 1.39. The summed E-state index contributed by atoms with van der Waals surface area (Å²) in [5.41, 5.74) is 4.25. The molecule has 8 heteroatoms. The van der Waals surface area contributed by atoms with Crippen LogP contribution in [0.2, 0.25) is 0 Å². The van der Waals surface area contributed by atoms with Gasteiger partial charge in [-0.15, -0.1) is 0 Å². The van der Waals surface area contributed by atoms with Gasteiger partial charge in [0.2, 0.25) is 5.91 Å². The zero-order valence-electron chi connectivity index (χ0n) is 18.4. The Kier molecular flexibility index (Phi) is 6.95. The topological polar surface area (TPSA) is 89.2 Å². The lowest BCUT2D eigenvalue weighted by Gasteiger charge is -2.12. The third-order valence-electron chi connectivity index (χ3n) is 5.16. The molecule has 2 amide bonds. The Hall–Kier alpha value is -3.78. The van der Waals surface area contributed by atoms with Crippen molar-refractivity contribution >= 4 is 29.3 Å². The van der Waals surface area contributed by atoms with Crippen LogP contribution in [0.5, 0.6) is 0 Å². The summed E-state index contributed by atoms with van der Waals surface area (Å²) in [6.07, 6.45) is 5.15. The highest BCUT2D eigenvalue weighted by atomic mass is 32.2. The zero-order chi connectivity index (χ0) is 23.2. The molecule has 7 nitrogen and oxygen atoms in total. The van der Waals surface area contributed by atoms with E-state index < -0.39 is 0 Å². The largest absolute Gasteiger partial charge is 0.467 e. The molecule has 0 saturated heterocycles. The molecule has 4 aromatic rings. The molecule has 4 rings (SSSR count). The summed E-state index contributed by atoms with van der Waals surface area (Å²) >= 11 is 1.34. The van der Waals surface area contributed by atoms with Gasteiger partial charge >= 0.3 is 0 Å². The SMILES string of the molecule is Cc1ccc(-n2ccnc2SCC(=O)Nc2ccccc2C(=O)NCc2ccco2)cc1C. The van der Waals surface area contributed by atoms with Crippen LogP contribution in [0.25, 0.3) is 5.69 Å². The summed E-state index contributed by atoms with van der Waals surface area (Å²) < 4.78 is 7.20. The predicted molar refractivity (Wildman–Crippen MR) is 129 cm³/mol. The van der Waals surface area contributed by atoms with Gasteiger partial charge in [-0.25, -0.2) is 4.98 Å². The molecule has 0 aliphatic rings. The van der Waals surface area contributed by atoms with Crippen molar-refractivity contribution in [1.29, 1.82) is 0 Å². The highest BCUT2D eigenvalue weighted by molar-refractivity contribution is 7.99. The summed E-state index contributed by atoms with van der Waals surface area (Å²) in [5, 5.41) is 6.36. The van der Waals surface area contributed by atoms with Crippen LogP contribution in [-0.4, -0.2) is 27.1 Å². The number of para-hydroxylation sites is 1. The first-order chi connectivity index (χ1) is 16.0. The molecule has 0 aliphatic carbocycles. The lowest BCUT2D eigenvalue weighted by molar-refractivity contribution is -0.113. The third-order valence-corrected chi connectivity index (χ3v) is 6.12. The number of aromatic nitrogens is 2. The summed E-state index contributed by atoms with van der Waals surface area (Å²) in [6.45, 7) is 4.41. The second-order valence-corrected chi connectivity index (χ2v) is 8.44. The fourth-order valence-electron chi connectivity index (χ4n) is 3.25. The molecule has 0 spiro atoms. The first-order valence-corrected chi connectivity index (χ1v) is 11.4. The van der Waals surface area contributed by atoms with Gasteiger partial charge in [-0.2, -0.15) is 0 Å². The molecule has 0 fully saturated rings. The van der Waals surface area contributed by atoms with E-state index in [1.807, 2.05) is 16.8 Å². The van der Waals surface area contributed by atoms with Crippen molar-refractivity contribution in [2.75, 3.05) is 11.1 Å². The second kappa shape index (κ2) is 10.2. The van der Waals surface area contributed by atoms with E-state index in [0.717, 1.165) is 10.8 Å². The van der Waals surface area contributed by atoms with E-state index in [2.05, 4.69) is 41.6 Å². The second-order valence-electron chi connectivity index (χ2n) is 7.49. The maximum Gasteiger partial charge on any atom is 0.253 e. The molecule has 0 radical (unpaired) electrons. The van der Waals surface area contributed by atoms with Crippen molar-refractivity contribution in [3.63, 3.8) is 0 Å². The molecule has 0 saturated carbocycles. The van der Waals surface area contributed by atoms with E-state index >= 15 is 0 Å². The number of carbonyl (C=O) groups excluding carboxylic acids is 2. The highest BCUT2D eigenvalue weighted by Gasteiger charge is 2.15. The summed E-state index contributed by atoms with van der Waals surface area (Å²) in [6, 6.07) is 16.7. The van der Waals surface area contributed by atoms with E-state index in [-0.39, 0.29) is 24.1 Å². The molecule has 0 unspecified atom stereocenters. The Bertz CT molecular complexity index is 1260. The van der Waals surface area contributed by atoms with Crippen LogP contribution in [0.3, 0.4) is 0 Å². The number of benzene rings is 2. The number of amides is 2. The highest BCUT2D eigenvalue weighted by Crippen LogP contribution is 2.23. The van der Waals surface area contributed by atoms with E-state index in [4.69, 9.17) is 4.42 Å². The van der Waals surface area contributed by atoms with Gasteiger partial charge in [0.1, 0.15) is 5.76 Å². The molecular weight excluding hydrogens is 436 g/mol. The number of imidazole rings is 1. The number of carbonyl (C=O) groups is 2. The van der Waals surface area contributed by atoms with Gasteiger partial charge in [0.15, 0.2) is 5.16 Å². The van der Waals surface area contributed by atoms with E-state index in [1.54, 1.807) is 48.9 Å². The van der Waals surface area contributed by atoms with E-state index in [9.17, 15) is 9.59 Å². The normalized spacial score (nSPS) is 10.7. The van der Waals surface area contributed by atoms with Crippen LogP contribution in [0.15, 0.2) is 82.8 Å². The zero-order valence-corrected chi connectivity index (χ0v) is 19.2. The first kappa shape index (κ1) is 22.4. The molecule has 0 aliphatic heterocycles. The van der Waals surface area contributed by atoms with E-state index in [0.29, 0.717) is 17.0 Å². The molecule has 33 heavy (non-hydrogen) atoms. The van der Waals surface area contributed by atoms with Crippen molar-refractivity contribution < 1.29 is 14.0 Å². The van der Waals surface area contributed by atoms with Crippen molar-refractivity contribution in [2.24, 2.45) is 0 Å². The van der Waals surface area contributed by atoms with E-state index in [1.165, 1.54) is 22.9 Å². The van der Waals surface area contributed by atoms with Gasteiger partial charge in [0.05, 0.1) is 29.8 Å². The number of aryl methyl sites for hydroxylation is 2. The van der Waals surface area contributed by atoms with Crippen LogP contribution in [-0.2, 0) is 11.3 Å². The van der Waals surface area contributed by atoms with Crippen LogP contribution >= 0.6 is 11.8 Å². The van der Waals surface area contributed by atoms with Crippen LogP contribution in [0.1, 0.15) is 27.2 Å². The summed E-state index contributed by atoms with van der Waals surface area (Å²) in [7, 11) is 0. The number of furan rings is 1.